The summed E-state index contributed by atoms with van der Waals surface area (Å²) in [7, 11) is 0. The number of hydrogen-bond donors (Lipinski definition) is 0. The van der Waals surface area contributed by atoms with E-state index >= 15 is 0 Å². The predicted octanol–water partition coefficient (Wildman–Crippen LogP) is 3.35. The molecule has 144 valence electrons. The average Bonchev–Trinajstić information content (AvgIpc) is 3.37. The summed E-state index contributed by atoms with van der Waals surface area (Å²) in [6.45, 7) is 5.20. The number of rotatable bonds is 5. The summed E-state index contributed by atoms with van der Waals surface area (Å²) < 4.78 is 7.16. The van der Waals surface area contributed by atoms with Crippen molar-refractivity contribution in [2.24, 2.45) is 0 Å². The van der Waals surface area contributed by atoms with Gasteiger partial charge in [0, 0.05) is 12.1 Å². The predicted molar refractivity (Wildman–Crippen MR) is 105 cm³/mol. The third-order valence-corrected chi connectivity index (χ3v) is 5.05. The van der Waals surface area contributed by atoms with E-state index in [1.54, 1.807) is 4.68 Å². The van der Waals surface area contributed by atoms with Gasteiger partial charge >= 0.3 is 0 Å². The maximum atomic E-state index is 13.2. The van der Waals surface area contributed by atoms with E-state index in [-0.39, 0.29) is 11.9 Å². The summed E-state index contributed by atoms with van der Waals surface area (Å²) >= 11 is 0. The van der Waals surface area contributed by atoms with E-state index in [1.165, 1.54) is 0 Å². The van der Waals surface area contributed by atoms with Gasteiger partial charge in [-0.1, -0.05) is 18.2 Å². The fraction of sp³-hybridized carbons (Fsp3) is 0.333. The number of tetrazole rings is 1. The molecule has 0 aliphatic carbocycles. The van der Waals surface area contributed by atoms with Gasteiger partial charge in [-0.25, -0.2) is 0 Å². The maximum Gasteiger partial charge on any atom is 0.254 e. The molecule has 7 heteroatoms. The van der Waals surface area contributed by atoms with E-state index in [0.717, 1.165) is 36.4 Å². The van der Waals surface area contributed by atoms with Crippen molar-refractivity contribution in [3.8, 4) is 11.4 Å². The van der Waals surface area contributed by atoms with E-state index in [1.807, 2.05) is 55.1 Å². The highest BCUT2D eigenvalue weighted by atomic mass is 16.5. The number of aryl methyl sites for hydroxylation is 1. The molecule has 28 heavy (non-hydrogen) atoms. The van der Waals surface area contributed by atoms with Crippen LogP contribution in [0.2, 0.25) is 0 Å². The SMILES string of the molecule is CCOc1ccc([C@H]2CCCN2C(=O)c2cccc(-n3nnnc3C)c2)cc1. The first kappa shape index (κ1) is 18.2. The van der Waals surface area contributed by atoms with Crippen molar-refractivity contribution < 1.29 is 9.53 Å². The minimum absolute atomic E-state index is 0.0314. The smallest absolute Gasteiger partial charge is 0.254 e. The van der Waals surface area contributed by atoms with E-state index in [2.05, 4.69) is 27.7 Å². The van der Waals surface area contributed by atoms with Gasteiger partial charge in [0.05, 0.1) is 18.3 Å². The van der Waals surface area contributed by atoms with Gasteiger partial charge in [-0.05, 0) is 73.0 Å². The summed E-state index contributed by atoms with van der Waals surface area (Å²) in [4.78, 5) is 15.2. The summed E-state index contributed by atoms with van der Waals surface area (Å²) in [6.07, 6.45) is 1.96. The van der Waals surface area contributed by atoms with Crippen molar-refractivity contribution in [1.29, 1.82) is 0 Å². The molecule has 0 N–H and O–H groups in total. The number of amides is 1. The highest BCUT2D eigenvalue weighted by molar-refractivity contribution is 5.95. The topological polar surface area (TPSA) is 73.1 Å². The van der Waals surface area contributed by atoms with E-state index in [4.69, 9.17) is 4.74 Å². The average molecular weight is 377 g/mol. The Bertz CT molecular complexity index is 967. The van der Waals surface area contributed by atoms with Crippen molar-refractivity contribution in [3.63, 3.8) is 0 Å². The molecule has 1 fully saturated rings. The van der Waals surface area contributed by atoms with Crippen LogP contribution in [0.25, 0.3) is 5.69 Å². The molecule has 7 nitrogen and oxygen atoms in total. The number of aromatic nitrogens is 4. The van der Waals surface area contributed by atoms with Gasteiger partial charge in [0.15, 0.2) is 5.82 Å². The van der Waals surface area contributed by atoms with Crippen LogP contribution in [0.1, 0.15) is 47.6 Å². The Kier molecular flexibility index (Phi) is 5.06. The highest BCUT2D eigenvalue weighted by Gasteiger charge is 2.30. The maximum absolute atomic E-state index is 13.2. The first-order valence-electron chi connectivity index (χ1n) is 9.56. The van der Waals surface area contributed by atoms with Gasteiger partial charge in [0.1, 0.15) is 5.75 Å². The second-order valence-corrected chi connectivity index (χ2v) is 6.85. The Hall–Kier alpha value is -3.22. The summed E-state index contributed by atoms with van der Waals surface area (Å²) in [6, 6.07) is 15.6. The molecular weight excluding hydrogens is 354 g/mol. The molecule has 0 saturated carbocycles. The standard InChI is InChI=1S/C21H23N5O2/c1-3-28-19-11-9-16(10-12-19)20-8-5-13-25(20)21(27)17-6-4-7-18(14-17)26-15(2)22-23-24-26/h4,6-7,9-12,14,20H,3,5,8,13H2,1-2H3/t20-/m1/s1. The molecule has 2 heterocycles. The number of carbonyl (C=O) groups excluding carboxylic acids is 1. The van der Waals surface area contributed by atoms with Crippen molar-refractivity contribution in [3.05, 3.63) is 65.5 Å². The van der Waals surface area contributed by atoms with Gasteiger partial charge in [0.2, 0.25) is 0 Å². The fourth-order valence-corrected chi connectivity index (χ4v) is 3.72. The Morgan fingerprint density at radius 1 is 1.21 bits per heavy atom. The lowest BCUT2D eigenvalue weighted by atomic mass is 10.0. The molecule has 4 rings (SSSR count). The van der Waals surface area contributed by atoms with Gasteiger partial charge < -0.3 is 9.64 Å². The molecular formula is C21H23N5O2. The molecule has 2 aromatic carbocycles. The third-order valence-electron chi connectivity index (χ3n) is 5.05. The van der Waals surface area contributed by atoms with Gasteiger partial charge in [-0.15, -0.1) is 5.10 Å². The number of ether oxygens (including phenoxy) is 1. The van der Waals surface area contributed by atoms with Crippen LogP contribution in [-0.2, 0) is 0 Å². The zero-order valence-electron chi connectivity index (χ0n) is 16.1. The van der Waals surface area contributed by atoms with Crippen molar-refractivity contribution in [2.75, 3.05) is 13.2 Å². The van der Waals surface area contributed by atoms with Gasteiger partial charge in [-0.2, -0.15) is 4.68 Å². The van der Waals surface area contributed by atoms with Gasteiger partial charge in [-0.3, -0.25) is 4.79 Å². The van der Waals surface area contributed by atoms with Crippen LogP contribution in [0, 0.1) is 6.92 Å². The molecule has 0 radical (unpaired) electrons. The zero-order chi connectivity index (χ0) is 19.5. The normalized spacial score (nSPS) is 16.4. The van der Waals surface area contributed by atoms with Crippen LogP contribution in [0.4, 0.5) is 0 Å². The molecule has 3 aromatic rings. The monoisotopic (exact) mass is 377 g/mol. The van der Waals surface area contributed by atoms with Crippen LogP contribution in [0.3, 0.4) is 0 Å². The molecule has 0 unspecified atom stereocenters. The number of carbonyl (C=O) groups is 1. The summed E-state index contributed by atoms with van der Waals surface area (Å²) in [5.41, 5.74) is 2.57. The molecule has 1 saturated heterocycles. The Labute approximate surface area is 163 Å². The van der Waals surface area contributed by atoms with E-state index in [9.17, 15) is 4.79 Å². The molecule has 0 bridgehead atoms. The largest absolute Gasteiger partial charge is 0.494 e. The van der Waals surface area contributed by atoms with Crippen molar-refractivity contribution >= 4 is 5.91 Å². The minimum Gasteiger partial charge on any atom is -0.494 e. The lowest BCUT2D eigenvalue weighted by Gasteiger charge is -2.25. The molecule has 1 amide bonds. The fourth-order valence-electron chi connectivity index (χ4n) is 3.72. The second-order valence-electron chi connectivity index (χ2n) is 6.85. The molecule has 1 atom stereocenters. The first-order valence-corrected chi connectivity index (χ1v) is 9.56. The summed E-state index contributed by atoms with van der Waals surface area (Å²) in [5.74, 6) is 1.56. The molecule has 1 aliphatic rings. The molecule has 1 aliphatic heterocycles. The number of nitrogens with zero attached hydrogens (tertiary/aromatic N) is 5. The van der Waals surface area contributed by atoms with Crippen LogP contribution in [0.5, 0.6) is 5.75 Å². The van der Waals surface area contributed by atoms with Crippen molar-refractivity contribution in [1.82, 2.24) is 25.1 Å². The first-order chi connectivity index (χ1) is 13.7. The van der Waals surface area contributed by atoms with Crippen molar-refractivity contribution in [2.45, 2.75) is 32.7 Å². The van der Waals surface area contributed by atoms with E-state index in [0.29, 0.717) is 18.0 Å². The van der Waals surface area contributed by atoms with Crippen LogP contribution in [-0.4, -0.2) is 44.2 Å². The second kappa shape index (κ2) is 7.80. The quantitative estimate of drug-likeness (QED) is 0.682. The molecule has 0 spiro atoms. The zero-order valence-corrected chi connectivity index (χ0v) is 16.1. The van der Waals surface area contributed by atoms with Crippen LogP contribution < -0.4 is 4.74 Å². The Balaban J connectivity index is 1.58. The lowest BCUT2D eigenvalue weighted by Crippen LogP contribution is -2.30. The number of likely N-dealkylation sites (tertiary alicyclic amines) is 1. The minimum atomic E-state index is 0.0314. The Morgan fingerprint density at radius 3 is 2.75 bits per heavy atom. The molecule has 1 aromatic heterocycles. The Morgan fingerprint density at radius 2 is 2.04 bits per heavy atom. The summed E-state index contributed by atoms with van der Waals surface area (Å²) in [5, 5.41) is 11.6. The highest BCUT2D eigenvalue weighted by Crippen LogP contribution is 2.34. The van der Waals surface area contributed by atoms with Gasteiger partial charge in [0.25, 0.3) is 5.91 Å². The van der Waals surface area contributed by atoms with Crippen LogP contribution in [0.15, 0.2) is 48.5 Å². The third kappa shape index (κ3) is 3.47. The number of hydrogen-bond acceptors (Lipinski definition) is 5. The lowest BCUT2D eigenvalue weighted by molar-refractivity contribution is 0.0735. The van der Waals surface area contributed by atoms with E-state index < -0.39 is 0 Å². The number of benzene rings is 2. The van der Waals surface area contributed by atoms with Crippen LogP contribution >= 0.6 is 0 Å².